The van der Waals surface area contributed by atoms with Crippen LogP contribution in [-0.4, -0.2) is 32.8 Å². The van der Waals surface area contributed by atoms with Crippen LogP contribution in [0.15, 0.2) is 43.0 Å². The highest BCUT2D eigenvalue weighted by atomic mass is 15.3. The number of piperidine rings is 1. The molecule has 5 nitrogen and oxygen atoms in total. The normalized spacial score (nSPS) is 16.3. The molecule has 0 amide bonds. The number of pyridine rings is 1. The SMILES string of the molecule is Cc1cc(N2CCC(n3cncn3)CC2)c2ccccc2n1. The van der Waals surface area contributed by atoms with Crippen molar-refractivity contribution in [1.29, 1.82) is 0 Å². The fraction of sp³-hybridized carbons (Fsp3) is 0.353. The molecule has 22 heavy (non-hydrogen) atoms. The number of fused-ring (bicyclic) bond motifs is 1. The first-order chi connectivity index (χ1) is 10.8. The summed E-state index contributed by atoms with van der Waals surface area (Å²) in [4.78, 5) is 11.2. The van der Waals surface area contributed by atoms with Crippen molar-refractivity contribution in [1.82, 2.24) is 19.7 Å². The van der Waals surface area contributed by atoms with Crippen LogP contribution in [0, 0.1) is 6.92 Å². The number of nitrogens with zero attached hydrogens (tertiary/aromatic N) is 5. The van der Waals surface area contributed by atoms with Gasteiger partial charge in [0.15, 0.2) is 0 Å². The molecule has 4 rings (SSSR count). The summed E-state index contributed by atoms with van der Waals surface area (Å²) in [6, 6.07) is 11.1. The predicted octanol–water partition coefficient (Wildman–Crippen LogP) is 2.98. The van der Waals surface area contributed by atoms with Crippen LogP contribution in [0.1, 0.15) is 24.6 Å². The third kappa shape index (κ3) is 2.32. The first-order valence-electron chi connectivity index (χ1n) is 7.77. The molecule has 0 saturated carbocycles. The Balaban J connectivity index is 1.61. The first kappa shape index (κ1) is 13.2. The molecule has 0 atom stereocenters. The Bertz CT molecular complexity index is 773. The van der Waals surface area contributed by atoms with E-state index in [1.54, 1.807) is 6.33 Å². The lowest BCUT2D eigenvalue weighted by molar-refractivity contribution is 0.366. The van der Waals surface area contributed by atoms with E-state index < -0.39 is 0 Å². The van der Waals surface area contributed by atoms with Gasteiger partial charge < -0.3 is 4.90 Å². The molecule has 0 N–H and O–H groups in total. The average Bonchev–Trinajstić information content (AvgIpc) is 3.09. The topological polar surface area (TPSA) is 46.8 Å². The van der Waals surface area contributed by atoms with Crippen LogP contribution in [0.25, 0.3) is 10.9 Å². The van der Waals surface area contributed by atoms with Crippen molar-refractivity contribution in [3.8, 4) is 0 Å². The van der Waals surface area contributed by atoms with E-state index in [0.29, 0.717) is 6.04 Å². The van der Waals surface area contributed by atoms with Crippen LogP contribution in [-0.2, 0) is 0 Å². The van der Waals surface area contributed by atoms with Gasteiger partial charge in [0, 0.05) is 29.9 Å². The Kier molecular flexibility index (Phi) is 3.25. The Morgan fingerprint density at radius 2 is 1.95 bits per heavy atom. The molecule has 1 aromatic carbocycles. The smallest absolute Gasteiger partial charge is 0.137 e. The summed E-state index contributed by atoms with van der Waals surface area (Å²) in [5.74, 6) is 0. The standard InChI is InChI=1S/C17H19N5/c1-13-10-17(15-4-2-3-5-16(15)20-13)21-8-6-14(7-9-21)22-12-18-11-19-22/h2-5,10-12,14H,6-9H2,1H3. The molecule has 3 aromatic rings. The lowest BCUT2D eigenvalue weighted by atomic mass is 10.0. The monoisotopic (exact) mass is 293 g/mol. The van der Waals surface area contributed by atoms with Crippen LogP contribution in [0.4, 0.5) is 5.69 Å². The maximum atomic E-state index is 4.64. The molecule has 1 aliphatic heterocycles. The Morgan fingerprint density at radius 3 is 2.73 bits per heavy atom. The third-order valence-electron chi connectivity index (χ3n) is 4.44. The summed E-state index contributed by atoms with van der Waals surface area (Å²) in [5.41, 5.74) is 3.46. The van der Waals surface area contributed by atoms with Gasteiger partial charge >= 0.3 is 0 Å². The minimum atomic E-state index is 0.466. The van der Waals surface area contributed by atoms with Crippen LogP contribution in [0.2, 0.25) is 0 Å². The van der Waals surface area contributed by atoms with Gasteiger partial charge in [-0.3, -0.25) is 4.98 Å². The van der Waals surface area contributed by atoms with Gasteiger partial charge in [-0.1, -0.05) is 18.2 Å². The zero-order chi connectivity index (χ0) is 14.9. The van der Waals surface area contributed by atoms with Crippen molar-refractivity contribution in [2.45, 2.75) is 25.8 Å². The molecule has 0 unspecified atom stereocenters. The first-order valence-corrected chi connectivity index (χ1v) is 7.77. The largest absolute Gasteiger partial charge is 0.371 e. The van der Waals surface area contributed by atoms with E-state index >= 15 is 0 Å². The fourth-order valence-corrected chi connectivity index (χ4v) is 3.32. The zero-order valence-electron chi connectivity index (χ0n) is 12.7. The van der Waals surface area contributed by atoms with Crippen LogP contribution < -0.4 is 4.90 Å². The highest BCUT2D eigenvalue weighted by Crippen LogP contribution is 2.31. The minimum absolute atomic E-state index is 0.466. The van der Waals surface area contributed by atoms with Gasteiger partial charge in [0.2, 0.25) is 0 Å². The number of hydrogen-bond acceptors (Lipinski definition) is 4. The summed E-state index contributed by atoms with van der Waals surface area (Å²) in [6.07, 6.45) is 5.64. The second-order valence-corrected chi connectivity index (χ2v) is 5.89. The minimum Gasteiger partial charge on any atom is -0.371 e. The van der Waals surface area contributed by atoms with Crippen molar-refractivity contribution in [2.24, 2.45) is 0 Å². The molecule has 0 bridgehead atoms. The Labute approximate surface area is 129 Å². The Hall–Kier alpha value is -2.43. The average molecular weight is 293 g/mol. The van der Waals surface area contributed by atoms with E-state index in [1.807, 2.05) is 11.0 Å². The van der Waals surface area contributed by atoms with E-state index in [1.165, 1.54) is 11.1 Å². The van der Waals surface area contributed by atoms with E-state index in [2.05, 4.69) is 57.2 Å². The lowest BCUT2D eigenvalue weighted by Crippen LogP contribution is -2.35. The summed E-state index contributed by atoms with van der Waals surface area (Å²) < 4.78 is 1.99. The molecule has 112 valence electrons. The van der Waals surface area contributed by atoms with Crippen molar-refractivity contribution < 1.29 is 0 Å². The molecular weight excluding hydrogens is 274 g/mol. The maximum absolute atomic E-state index is 4.64. The summed E-state index contributed by atoms with van der Waals surface area (Å²) in [7, 11) is 0. The second kappa shape index (κ2) is 5.40. The highest BCUT2D eigenvalue weighted by molar-refractivity contribution is 5.92. The maximum Gasteiger partial charge on any atom is 0.137 e. The van der Waals surface area contributed by atoms with Gasteiger partial charge in [0.1, 0.15) is 12.7 Å². The molecule has 0 radical (unpaired) electrons. The van der Waals surface area contributed by atoms with Gasteiger partial charge in [0.25, 0.3) is 0 Å². The molecule has 1 saturated heterocycles. The molecule has 1 fully saturated rings. The van der Waals surface area contributed by atoms with Gasteiger partial charge in [-0.15, -0.1) is 0 Å². The predicted molar refractivity (Wildman–Crippen MR) is 87.0 cm³/mol. The third-order valence-corrected chi connectivity index (χ3v) is 4.44. The Morgan fingerprint density at radius 1 is 1.14 bits per heavy atom. The number of para-hydroxylation sites is 1. The molecule has 0 spiro atoms. The van der Waals surface area contributed by atoms with Crippen LogP contribution in [0.5, 0.6) is 0 Å². The van der Waals surface area contributed by atoms with Gasteiger partial charge in [-0.2, -0.15) is 5.10 Å². The fourth-order valence-electron chi connectivity index (χ4n) is 3.32. The van der Waals surface area contributed by atoms with Gasteiger partial charge in [0.05, 0.1) is 11.6 Å². The summed E-state index contributed by atoms with van der Waals surface area (Å²) >= 11 is 0. The zero-order valence-corrected chi connectivity index (χ0v) is 12.7. The quantitative estimate of drug-likeness (QED) is 0.729. The second-order valence-electron chi connectivity index (χ2n) is 5.89. The highest BCUT2D eigenvalue weighted by Gasteiger charge is 2.22. The molecule has 3 heterocycles. The number of hydrogen-bond donors (Lipinski definition) is 0. The van der Waals surface area contributed by atoms with Crippen molar-refractivity contribution in [2.75, 3.05) is 18.0 Å². The van der Waals surface area contributed by atoms with E-state index in [-0.39, 0.29) is 0 Å². The molecule has 2 aromatic heterocycles. The lowest BCUT2D eigenvalue weighted by Gasteiger charge is -2.34. The molecule has 0 aliphatic carbocycles. The van der Waals surface area contributed by atoms with Crippen molar-refractivity contribution >= 4 is 16.6 Å². The van der Waals surface area contributed by atoms with E-state index in [0.717, 1.165) is 37.1 Å². The number of aryl methyl sites for hydroxylation is 1. The van der Waals surface area contributed by atoms with E-state index in [4.69, 9.17) is 0 Å². The number of anilines is 1. The number of rotatable bonds is 2. The number of aromatic nitrogens is 4. The summed E-state index contributed by atoms with van der Waals surface area (Å²) in [5, 5.41) is 5.52. The molecule has 1 aliphatic rings. The van der Waals surface area contributed by atoms with Crippen LogP contribution >= 0.6 is 0 Å². The van der Waals surface area contributed by atoms with Gasteiger partial charge in [-0.05, 0) is 31.9 Å². The van der Waals surface area contributed by atoms with Crippen molar-refractivity contribution in [3.63, 3.8) is 0 Å². The van der Waals surface area contributed by atoms with E-state index in [9.17, 15) is 0 Å². The van der Waals surface area contributed by atoms with Crippen molar-refractivity contribution in [3.05, 3.63) is 48.7 Å². The summed E-state index contributed by atoms with van der Waals surface area (Å²) in [6.45, 7) is 4.15. The molecule has 5 heteroatoms. The van der Waals surface area contributed by atoms with Crippen LogP contribution in [0.3, 0.4) is 0 Å². The van der Waals surface area contributed by atoms with Gasteiger partial charge in [-0.25, -0.2) is 9.67 Å². The molecular formula is C17H19N5. The number of benzene rings is 1.